The number of nitrogens with zero attached hydrogens (tertiary/aromatic N) is 2. The maximum atomic E-state index is 10.5. The van der Waals surface area contributed by atoms with E-state index in [-0.39, 0.29) is 5.69 Å². The fourth-order valence-electron chi connectivity index (χ4n) is 2.13. The molecule has 1 aromatic rings. The molecule has 5 nitrogen and oxygen atoms in total. The zero-order valence-electron chi connectivity index (χ0n) is 10.4. The van der Waals surface area contributed by atoms with Crippen LogP contribution in [0.1, 0.15) is 32.6 Å². The summed E-state index contributed by atoms with van der Waals surface area (Å²) in [6.07, 6.45) is 4.71. The fourth-order valence-corrected chi connectivity index (χ4v) is 2.13. The van der Waals surface area contributed by atoms with E-state index in [1.54, 1.807) is 12.1 Å². The van der Waals surface area contributed by atoms with Gasteiger partial charge in [0.15, 0.2) is 0 Å². The summed E-state index contributed by atoms with van der Waals surface area (Å²) in [4.78, 5) is 10.1. The molecule has 0 spiro atoms. The third-order valence-electron chi connectivity index (χ3n) is 3.30. The lowest BCUT2D eigenvalue weighted by molar-refractivity contribution is -0.384. The molecule has 0 heterocycles. The van der Waals surface area contributed by atoms with Gasteiger partial charge in [0.25, 0.3) is 5.69 Å². The first-order chi connectivity index (χ1) is 8.66. The number of benzene rings is 1. The van der Waals surface area contributed by atoms with Crippen LogP contribution in [0.3, 0.4) is 0 Å². The van der Waals surface area contributed by atoms with Crippen LogP contribution in [0.15, 0.2) is 29.4 Å². The lowest BCUT2D eigenvalue weighted by Crippen LogP contribution is -2.17. The molecule has 0 bridgehead atoms. The maximum Gasteiger partial charge on any atom is 0.269 e. The van der Waals surface area contributed by atoms with Gasteiger partial charge in [0.2, 0.25) is 0 Å². The summed E-state index contributed by atoms with van der Waals surface area (Å²) in [5.74, 6) is 0.532. The second-order valence-corrected chi connectivity index (χ2v) is 4.67. The Labute approximate surface area is 106 Å². The molecule has 1 saturated carbocycles. The Kier molecular flexibility index (Phi) is 3.92. The highest BCUT2D eigenvalue weighted by atomic mass is 16.6. The predicted octanol–water partition coefficient (Wildman–Crippen LogP) is 3.57. The van der Waals surface area contributed by atoms with Crippen molar-refractivity contribution in [3.05, 3.63) is 34.4 Å². The van der Waals surface area contributed by atoms with Crippen LogP contribution in [0.25, 0.3) is 0 Å². The SMILES string of the molecule is C[C@H]1CCCC/C1=N/Nc1ccc([N+](=O)[O-])cc1. The van der Waals surface area contributed by atoms with Gasteiger partial charge in [-0.05, 0) is 37.3 Å². The van der Waals surface area contributed by atoms with Gasteiger partial charge >= 0.3 is 0 Å². The van der Waals surface area contributed by atoms with E-state index in [1.165, 1.54) is 37.1 Å². The molecule has 0 amide bonds. The van der Waals surface area contributed by atoms with Gasteiger partial charge in [-0.1, -0.05) is 13.3 Å². The van der Waals surface area contributed by atoms with E-state index < -0.39 is 4.92 Å². The third kappa shape index (κ3) is 3.06. The Morgan fingerprint density at radius 2 is 2.06 bits per heavy atom. The predicted molar refractivity (Wildman–Crippen MR) is 71.8 cm³/mol. The lowest BCUT2D eigenvalue weighted by Gasteiger charge is -2.20. The summed E-state index contributed by atoms with van der Waals surface area (Å²) < 4.78 is 0. The van der Waals surface area contributed by atoms with Gasteiger partial charge in [0, 0.05) is 17.8 Å². The lowest BCUT2D eigenvalue weighted by atomic mass is 9.89. The largest absolute Gasteiger partial charge is 0.279 e. The van der Waals surface area contributed by atoms with Crippen molar-refractivity contribution in [1.29, 1.82) is 0 Å². The van der Waals surface area contributed by atoms with Crippen molar-refractivity contribution in [2.24, 2.45) is 11.0 Å². The first-order valence-electron chi connectivity index (χ1n) is 6.24. The number of non-ortho nitro benzene ring substituents is 1. The molecule has 0 aromatic heterocycles. The Morgan fingerprint density at radius 1 is 1.33 bits per heavy atom. The number of hydrazone groups is 1. The van der Waals surface area contributed by atoms with Crippen molar-refractivity contribution >= 4 is 17.1 Å². The molecule has 2 rings (SSSR count). The third-order valence-corrected chi connectivity index (χ3v) is 3.30. The van der Waals surface area contributed by atoms with E-state index in [4.69, 9.17) is 0 Å². The molecule has 1 N–H and O–H groups in total. The van der Waals surface area contributed by atoms with E-state index in [1.807, 2.05) is 0 Å². The monoisotopic (exact) mass is 247 g/mol. The quantitative estimate of drug-likeness (QED) is 0.655. The Balaban J connectivity index is 2.01. The number of nitrogens with one attached hydrogen (secondary N) is 1. The van der Waals surface area contributed by atoms with Gasteiger partial charge in [-0.15, -0.1) is 0 Å². The van der Waals surface area contributed by atoms with Crippen molar-refractivity contribution in [3.63, 3.8) is 0 Å². The molecule has 0 radical (unpaired) electrons. The number of hydrogen-bond acceptors (Lipinski definition) is 4. The van der Waals surface area contributed by atoms with E-state index in [2.05, 4.69) is 17.5 Å². The first-order valence-corrected chi connectivity index (χ1v) is 6.24. The van der Waals surface area contributed by atoms with Crippen LogP contribution in [0.5, 0.6) is 0 Å². The highest BCUT2D eigenvalue weighted by Crippen LogP contribution is 2.22. The highest BCUT2D eigenvalue weighted by molar-refractivity contribution is 5.87. The van der Waals surface area contributed by atoms with Crippen molar-refractivity contribution < 1.29 is 4.92 Å². The molecular weight excluding hydrogens is 230 g/mol. The summed E-state index contributed by atoms with van der Waals surface area (Å²) in [5, 5.41) is 14.9. The zero-order chi connectivity index (χ0) is 13.0. The average molecular weight is 247 g/mol. The van der Waals surface area contributed by atoms with Crippen molar-refractivity contribution in [2.45, 2.75) is 32.6 Å². The number of nitro groups is 1. The molecule has 0 aliphatic heterocycles. The molecular formula is C13H17N3O2. The average Bonchev–Trinajstić information content (AvgIpc) is 2.38. The van der Waals surface area contributed by atoms with Crippen LogP contribution in [0, 0.1) is 16.0 Å². The molecule has 1 aromatic carbocycles. The van der Waals surface area contributed by atoms with Gasteiger partial charge < -0.3 is 0 Å². The zero-order valence-corrected chi connectivity index (χ0v) is 10.4. The van der Waals surface area contributed by atoms with Crippen molar-refractivity contribution in [1.82, 2.24) is 0 Å². The summed E-state index contributed by atoms with van der Waals surface area (Å²) in [7, 11) is 0. The Bertz CT molecular complexity index is 454. The van der Waals surface area contributed by atoms with Crippen LogP contribution in [-0.2, 0) is 0 Å². The second-order valence-electron chi connectivity index (χ2n) is 4.67. The molecule has 0 saturated heterocycles. The fraction of sp³-hybridized carbons (Fsp3) is 0.462. The summed E-state index contributed by atoms with van der Waals surface area (Å²) >= 11 is 0. The van der Waals surface area contributed by atoms with Gasteiger partial charge in [0.05, 0.1) is 10.6 Å². The minimum absolute atomic E-state index is 0.0965. The van der Waals surface area contributed by atoms with E-state index in [0.717, 1.165) is 12.1 Å². The minimum atomic E-state index is -0.404. The van der Waals surface area contributed by atoms with Crippen LogP contribution < -0.4 is 5.43 Å². The second kappa shape index (κ2) is 5.62. The van der Waals surface area contributed by atoms with Crippen LogP contribution in [0.4, 0.5) is 11.4 Å². The Hall–Kier alpha value is -1.91. The molecule has 0 unspecified atom stereocenters. The standard InChI is InChI=1S/C13H17N3O2/c1-10-4-2-3-5-13(10)15-14-11-6-8-12(9-7-11)16(17)18/h6-10,14H,2-5H2,1H3/b15-13-/t10-/m0/s1. The van der Waals surface area contributed by atoms with Gasteiger partial charge in [-0.3, -0.25) is 15.5 Å². The molecule has 96 valence electrons. The summed E-state index contributed by atoms with van der Waals surface area (Å²) in [6.45, 7) is 2.19. The molecule has 1 aliphatic rings. The number of anilines is 1. The molecule has 5 heteroatoms. The van der Waals surface area contributed by atoms with Gasteiger partial charge in [-0.2, -0.15) is 5.10 Å². The van der Waals surface area contributed by atoms with Crippen molar-refractivity contribution in [3.8, 4) is 0 Å². The normalized spacial score (nSPS) is 21.8. The topological polar surface area (TPSA) is 67.5 Å². The number of nitro benzene ring substituents is 1. The first kappa shape index (κ1) is 12.5. The van der Waals surface area contributed by atoms with E-state index in [9.17, 15) is 10.1 Å². The summed E-state index contributed by atoms with van der Waals surface area (Å²) in [5.41, 5.74) is 5.05. The van der Waals surface area contributed by atoms with Gasteiger partial charge in [-0.25, -0.2) is 0 Å². The molecule has 1 atom stereocenters. The smallest absolute Gasteiger partial charge is 0.269 e. The Morgan fingerprint density at radius 3 is 2.67 bits per heavy atom. The van der Waals surface area contributed by atoms with Crippen LogP contribution in [0.2, 0.25) is 0 Å². The van der Waals surface area contributed by atoms with Crippen LogP contribution in [-0.4, -0.2) is 10.6 Å². The highest BCUT2D eigenvalue weighted by Gasteiger charge is 2.15. The number of rotatable bonds is 3. The van der Waals surface area contributed by atoms with Crippen molar-refractivity contribution in [2.75, 3.05) is 5.43 Å². The van der Waals surface area contributed by atoms with E-state index >= 15 is 0 Å². The molecule has 1 fully saturated rings. The maximum absolute atomic E-state index is 10.5. The molecule has 1 aliphatic carbocycles. The van der Waals surface area contributed by atoms with Gasteiger partial charge in [0.1, 0.15) is 0 Å². The van der Waals surface area contributed by atoms with E-state index in [0.29, 0.717) is 5.92 Å². The number of hydrogen-bond donors (Lipinski definition) is 1. The minimum Gasteiger partial charge on any atom is -0.279 e. The van der Waals surface area contributed by atoms with Crippen LogP contribution >= 0.6 is 0 Å². The molecule has 18 heavy (non-hydrogen) atoms. The summed E-state index contributed by atoms with van der Waals surface area (Å²) in [6, 6.07) is 6.31.